The second-order valence-corrected chi connectivity index (χ2v) is 4.29. The van der Waals surface area contributed by atoms with Crippen LogP contribution in [0.1, 0.15) is 33.6 Å². The number of ketones is 1. The highest BCUT2D eigenvalue weighted by Crippen LogP contribution is 2.16. The largest absolute Gasteiger partial charge is 0.512 e. The number of aliphatic hydroxyl groups excluding tert-OH is 1. The Morgan fingerprint density at radius 2 is 2.18 bits per heavy atom. The van der Waals surface area contributed by atoms with E-state index in [1.807, 2.05) is 0 Å². The van der Waals surface area contributed by atoms with E-state index in [4.69, 9.17) is 9.47 Å². The second-order valence-electron chi connectivity index (χ2n) is 4.29. The summed E-state index contributed by atoms with van der Waals surface area (Å²) in [4.78, 5) is 11.3. The number of allylic oxidation sites excluding steroid dienone is 3. The summed E-state index contributed by atoms with van der Waals surface area (Å²) < 4.78 is 10.8. The summed E-state index contributed by atoms with van der Waals surface area (Å²) in [6.45, 7) is 5.95. The molecule has 1 aliphatic rings. The maximum Gasteiger partial charge on any atom is 0.163 e. The van der Waals surface area contributed by atoms with Gasteiger partial charge in [-0.25, -0.2) is 0 Å². The average Bonchev–Trinajstić information content (AvgIpc) is 2.69. The van der Waals surface area contributed by atoms with Gasteiger partial charge in [-0.05, 0) is 39.2 Å². The Bertz CT molecular complexity index is 331. The number of ether oxygens (including phenoxy) is 2. The molecule has 1 heterocycles. The Morgan fingerprint density at radius 3 is 2.65 bits per heavy atom. The Balaban J connectivity index is 2.52. The van der Waals surface area contributed by atoms with E-state index in [0.717, 1.165) is 19.4 Å². The molecule has 1 atom stereocenters. The van der Waals surface area contributed by atoms with Crippen LogP contribution in [0.3, 0.4) is 0 Å². The van der Waals surface area contributed by atoms with Gasteiger partial charge in [-0.15, -0.1) is 0 Å². The van der Waals surface area contributed by atoms with Gasteiger partial charge in [0.25, 0.3) is 0 Å². The van der Waals surface area contributed by atoms with Crippen molar-refractivity contribution in [1.82, 2.24) is 0 Å². The molecular weight excluding hydrogens is 220 g/mol. The smallest absolute Gasteiger partial charge is 0.163 e. The van der Waals surface area contributed by atoms with Crippen LogP contribution in [0.25, 0.3) is 0 Å². The first kappa shape index (κ1) is 13.8. The molecule has 1 rings (SSSR count). The van der Waals surface area contributed by atoms with Gasteiger partial charge >= 0.3 is 0 Å². The van der Waals surface area contributed by atoms with Crippen molar-refractivity contribution < 1.29 is 19.4 Å². The molecule has 0 aromatic rings. The summed E-state index contributed by atoms with van der Waals surface area (Å²) in [5.74, 6) is -0.147. The first-order valence-electron chi connectivity index (χ1n) is 5.83. The van der Waals surface area contributed by atoms with E-state index in [2.05, 4.69) is 0 Å². The minimum atomic E-state index is -0.167. The van der Waals surface area contributed by atoms with Crippen LogP contribution in [0.2, 0.25) is 0 Å². The molecule has 0 amide bonds. The van der Waals surface area contributed by atoms with Crippen molar-refractivity contribution in [2.45, 2.75) is 39.7 Å². The van der Waals surface area contributed by atoms with E-state index in [9.17, 15) is 9.90 Å². The van der Waals surface area contributed by atoms with E-state index in [-0.39, 0.29) is 17.6 Å². The summed E-state index contributed by atoms with van der Waals surface area (Å²) in [6.07, 6.45) is 3.75. The predicted molar refractivity (Wildman–Crippen MR) is 64.7 cm³/mol. The SMILES string of the molecule is CC(=O)C(C(C)=COCC1CCCO1)=C(C)O. The molecule has 4 heteroatoms. The van der Waals surface area contributed by atoms with Gasteiger partial charge in [-0.1, -0.05) is 0 Å². The number of carbonyl (C=O) groups is 1. The zero-order chi connectivity index (χ0) is 12.8. The fourth-order valence-corrected chi connectivity index (χ4v) is 1.93. The van der Waals surface area contributed by atoms with Crippen molar-refractivity contribution in [3.63, 3.8) is 0 Å². The number of rotatable bonds is 5. The van der Waals surface area contributed by atoms with Crippen LogP contribution in [-0.2, 0) is 14.3 Å². The Hall–Kier alpha value is -1.29. The van der Waals surface area contributed by atoms with Crippen molar-refractivity contribution in [2.24, 2.45) is 0 Å². The van der Waals surface area contributed by atoms with E-state index in [1.54, 1.807) is 6.92 Å². The minimum Gasteiger partial charge on any atom is -0.512 e. The van der Waals surface area contributed by atoms with Crippen LogP contribution >= 0.6 is 0 Å². The quantitative estimate of drug-likeness (QED) is 0.456. The highest BCUT2D eigenvalue weighted by atomic mass is 16.5. The van der Waals surface area contributed by atoms with Crippen molar-refractivity contribution in [2.75, 3.05) is 13.2 Å². The van der Waals surface area contributed by atoms with Crippen molar-refractivity contribution in [3.8, 4) is 0 Å². The summed E-state index contributed by atoms with van der Waals surface area (Å²) in [5.41, 5.74) is 0.952. The standard InChI is InChI=1S/C13H20O4/c1-9(13(10(2)14)11(3)15)7-16-8-12-5-4-6-17-12/h7,12,14H,4-6,8H2,1-3H3. The lowest BCUT2D eigenvalue weighted by atomic mass is 10.0. The molecule has 17 heavy (non-hydrogen) atoms. The molecule has 0 bridgehead atoms. The lowest BCUT2D eigenvalue weighted by Gasteiger charge is -2.10. The third-order valence-corrected chi connectivity index (χ3v) is 2.67. The molecular formula is C13H20O4. The third kappa shape index (κ3) is 4.23. The molecule has 1 unspecified atom stereocenters. The van der Waals surface area contributed by atoms with E-state index < -0.39 is 0 Å². The predicted octanol–water partition coefficient (Wildman–Crippen LogP) is 2.51. The highest BCUT2D eigenvalue weighted by molar-refractivity contribution is 5.97. The monoisotopic (exact) mass is 240 g/mol. The van der Waals surface area contributed by atoms with Crippen LogP contribution in [0.4, 0.5) is 0 Å². The van der Waals surface area contributed by atoms with Crippen LogP contribution in [0.15, 0.2) is 23.2 Å². The summed E-state index contributed by atoms with van der Waals surface area (Å²) >= 11 is 0. The van der Waals surface area contributed by atoms with Gasteiger partial charge < -0.3 is 14.6 Å². The molecule has 1 saturated heterocycles. The Kier molecular flexibility index (Phi) is 5.22. The summed E-state index contributed by atoms with van der Waals surface area (Å²) in [5, 5.41) is 9.40. The molecule has 0 aromatic carbocycles. The number of Topliss-reactive ketones (excluding diaryl/α,β-unsaturated/α-hetero) is 1. The van der Waals surface area contributed by atoms with E-state index in [1.165, 1.54) is 20.1 Å². The molecule has 0 radical (unpaired) electrons. The van der Waals surface area contributed by atoms with Gasteiger partial charge in [0.15, 0.2) is 5.78 Å². The Labute approximate surface area is 102 Å². The summed E-state index contributed by atoms with van der Waals surface area (Å²) in [6, 6.07) is 0. The molecule has 1 aliphatic heterocycles. The van der Waals surface area contributed by atoms with E-state index in [0.29, 0.717) is 17.8 Å². The van der Waals surface area contributed by atoms with Crippen molar-refractivity contribution in [3.05, 3.63) is 23.2 Å². The van der Waals surface area contributed by atoms with E-state index >= 15 is 0 Å². The number of aliphatic hydroxyl groups is 1. The van der Waals surface area contributed by atoms with Crippen molar-refractivity contribution in [1.29, 1.82) is 0 Å². The van der Waals surface area contributed by atoms with Crippen LogP contribution in [-0.4, -0.2) is 30.2 Å². The molecule has 0 aromatic heterocycles. The fourth-order valence-electron chi connectivity index (χ4n) is 1.93. The molecule has 1 N–H and O–H groups in total. The van der Waals surface area contributed by atoms with Crippen LogP contribution in [0.5, 0.6) is 0 Å². The third-order valence-electron chi connectivity index (χ3n) is 2.67. The van der Waals surface area contributed by atoms with Gasteiger partial charge in [-0.2, -0.15) is 0 Å². The van der Waals surface area contributed by atoms with Gasteiger partial charge in [0.2, 0.25) is 0 Å². The molecule has 0 aliphatic carbocycles. The Morgan fingerprint density at radius 1 is 1.47 bits per heavy atom. The molecule has 1 fully saturated rings. The average molecular weight is 240 g/mol. The van der Waals surface area contributed by atoms with Gasteiger partial charge in [0, 0.05) is 6.61 Å². The maximum absolute atomic E-state index is 11.3. The lowest BCUT2D eigenvalue weighted by molar-refractivity contribution is -0.113. The zero-order valence-corrected chi connectivity index (χ0v) is 10.7. The lowest BCUT2D eigenvalue weighted by Crippen LogP contribution is -2.12. The molecule has 0 spiro atoms. The number of hydrogen-bond donors (Lipinski definition) is 1. The van der Waals surface area contributed by atoms with Gasteiger partial charge in [-0.3, -0.25) is 4.79 Å². The van der Waals surface area contributed by atoms with Crippen LogP contribution < -0.4 is 0 Å². The fraction of sp³-hybridized carbons (Fsp3) is 0.615. The second kappa shape index (κ2) is 6.45. The normalized spacial score (nSPS) is 22.3. The number of carbonyl (C=O) groups excluding carboxylic acids is 1. The number of hydrogen-bond acceptors (Lipinski definition) is 4. The first-order valence-corrected chi connectivity index (χ1v) is 5.83. The minimum absolute atomic E-state index is 0.0203. The molecule has 4 nitrogen and oxygen atoms in total. The topological polar surface area (TPSA) is 55.8 Å². The van der Waals surface area contributed by atoms with Gasteiger partial charge in [0.05, 0.1) is 17.9 Å². The summed E-state index contributed by atoms with van der Waals surface area (Å²) in [7, 11) is 0. The van der Waals surface area contributed by atoms with Crippen molar-refractivity contribution >= 4 is 5.78 Å². The molecule has 0 saturated carbocycles. The zero-order valence-electron chi connectivity index (χ0n) is 10.7. The maximum atomic E-state index is 11.3. The highest BCUT2D eigenvalue weighted by Gasteiger charge is 2.16. The van der Waals surface area contributed by atoms with Crippen LogP contribution in [0, 0.1) is 0 Å². The first-order chi connectivity index (χ1) is 8.02. The molecule has 96 valence electrons. The van der Waals surface area contributed by atoms with Gasteiger partial charge in [0.1, 0.15) is 12.4 Å².